The van der Waals surface area contributed by atoms with E-state index in [4.69, 9.17) is 0 Å². The molecule has 1 aliphatic rings. The highest BCUT2D eigenvalue weighted by Gasteiger charge is 2.21. The maximum absolute atomic E-state index is 11.8. The fourth-order valence-corrected chi connectivity index (χ4v) is 1.52. The molecule has 4 heteroatoms. The van der Waals surface area contributed by atoms with Crippen LogP contribution in [0.2, 0.25) is 0 Å². The number of rotatable bonds is 5. The van der Waals surface area contributed by atoms with E-state index in [9.17, 15) is 4.79 Å². The van der Waals surface area contributed by atoms with E-state index in [1.165, 1.54) is 12.8 Å². The molecule has 0 unspecified atom stereocenters. The van der Waals surface area contributed by atoms with Crippen LogP contribution in [-0.2, 0) is 4.79 Å². The van der Waals surface area contributed by atoms with Gasteiger partial charge in [0.25, 0.3) is 0 Å². The first-order valence-electron chi connectivity index (χ1n) is 5.64. The van der Waals surface area contributed by atoms with Crippen molar-refractivity contribution in [3.63, 3.8) is 0 Å². The van der Waals surface area contributed by atoms with Gasteiger partial charge in [-0.15, -0.1) is 0 Å². The highest BCUT2D eigenvalue weighted by atomic mass is 16.2. The molecule has 1 aromatic rings. The number of nitrogens with zero attached hydrogens (tertiary/aromatic N) is 2. The fraction of sp³-hybridized carbons (Fsp3) is 0.500. The van der Waals surface area contributed by atoms with Crippen LogP contribution < -0.4 is 10.2 Å². The lowest BCUT2D eigenvalue weighted by atomic mass is 10.3. The zero-order valence-corrected chi connectivity index (χ0v) is 9.52. The normalized spacial score (nSPS) is 14.8. The lowest BCUT2D eigenvalue weighted by molar-refractivity contribution is -0.117. The van der Waals surface area contributed by atoms with Crippen LogP contribution in [0, 0.1) is 5.92 Å². The second-order valence-electron chi connectivity index (χ2n) is 4.24. The van der Waals surface area contributed by atoms with E-state index >= 15 is 0 Å². The molecule has 1 N–H and O–H groups in total. The Labute approximate surface area is 95.7 Å². The standard InChI is InChI=1S/C12H17N3O/c1-15(11-3-2-6-13-8-11)12(16)9-14-7-10-4-5-10/h2-3,6,8,10,14H,4-5,7,9H2,1H3. The molecule has 1 saturated carbocycles. The lowest BCUT2D eigenvalue weighted by Crippen LogP contribution is -2.36. The molecule has 0 spiro atoms. The van der Waals surface area contributed by atoms with Gasteiger partial charge in [-0.05, 0) is 37.4 Å². The Kier molecular flexibility index (Phi) is 3.51. The Morgan fingerprint density at radius 2 is 2.44 bits per heavy atom. The number of likely N-dealkylation sites (N-methyl/N-ethyl adjacent to an activating group) is 1. The number of nitrogens with one attached hydrogen (secondary N) is 1. The summed E-state index contributed by atoms with van der Waals surface area (Å²) in [6.07, 6.45) is 6.01. The minimum absolute atomic E-state index is 0.0775. The predicted octanol–water partition coefficient (Wildman–Crippen LogP) is 1.04. The van der Waals surface area contributed by atoms with Gasteiger partial charge < -0.3 is 10.2 Å². The number of anilines is 1. The smallest absolute Gasteiger partial charge is 0.240 e. The van der Waals surface area contributed by atoms with Crippen molar-refractivity contribution in [1.82, 2.24) is 10.3 Å². The van der Waals surface area contributed by atoms with Gasteiger partial charge in [-0.25, -0.2) is 0 Å². The summed E-state index contributed by atoms with van der Waals surface area (Å²) in [6.45, 7) is 1.37. The highest BCUT2D eigenvalue weighted by Crippen LogP contribution is 2.27. The zero-order chi connectivity index (χ0) is 11.4. The van der Waals surface area contributed by atoms with Gasteiger partial charge in [0.05, 0.1) is 18.4 Å². The molecule has 1 heterocycles. The van der Waals surface area contributed by atoms with Crippen LogP contribution in [-0.4, -0.2) is 31.0 Å². The van der Waals surface area contributed by atoms with Gasteiger partial charge in [-0.1, -0.05) is 0 Å². The van der Waals surface area contributed by atoms with E-state index in [2.05, 4.69) is 10.3 Å². The molecule has 1 amide bonds. The average molecular weight is 219 g/mol. The maximum Gasteiger partial charge on any atom is 0.240 e. The average Bonchev–Trinajstić information content (AvgIpc) is 3.13. The zero-order valence-electron chi connectivity index (χ0n) is 9.52. The van der Waals surface area contributed by atoms with E-state index in [0.717, 1.165) is 18.2 Å². The van der Waals surface area contributed by atoms with Crippen molar-refractivity contribution in [2.75, 3.05) is 25.0 Å². The van der Waals surface area contributed by atoms with E-state index in [-0.39, 0.29) is 5.91 Å². The summed E-state index contributed by atoms with van der Waals surface area (Å²) >= 11 is 0. The molecule has 1 fully saturated rings. The van der Waals surface area contributed by atoms with Crippen molar-refractivity contribution in [3.8, 4) is 0 Å². The predicted molar refractivity (Wildman–Crippen MR) is 63.2 cm³/mol. The van der Waals surface area contributed by atoms with E-state index in [1.807, 2.05) is 12.1 Å². The van der Waals surface area contributed by atoms with Crippen molar-refractivity contribution in [1.29, 1.82) is 0 Å². The maximum atomic E-state index is 11.8. The number of amides is 1. The molecule has 0 saturated heterocycles. The van der Waals surface area contributed by atoms with E-state index in [0.29, 0.717) is 6.54 Å². The molecule has 1 aliphatic carbocycles. The second-order valence-corrected chi connectivity index (χ2v) is 4.24. The van der Waals surface area contributed by atoms with Crippen LogP contribution in [0.25, 0.3) is 0 Å². The number of carbonyl (C=O) groups excluding carboxylic acids is 1. The van der Waals surface area contributed by atoms with Crippen molar-refractivity contribution >= 4 is 11.6 Å². The molecule has 0 radical (unpaired) electrons. The van der Waals surface area contributed by atoms with Crippen LogP contribution in [0.15, 0.2) is 24.5 Å². The summed E-state index contributed by atoms with van der Waals surface area (Å²) in [5, 5.41) is 3.19. The van der Waals surface area contributed by atoms with Crippen molar-refractivity contribution in [3.05, 3.63) is 24.5 Å². The minimum Gasteiger partial charge on any atom is -0.313 e. The number of aromatic nitrogens is 1. The topological polar surface area (TPSA) is 45.2 Å². The Balaban J connectivity index is 1.79. The van der Waals surface area contributed by atoms with Crippen LogP contribution in [0.1, 0.15) is 12.8 Å². The third-order valence-corrected chi connectivity index (χ3v) is 2.81. The summed E-state index contributed by atoms with van der Waals surface area (Å²) in [7, 11) is 1.78. The molecule has 86 valence electrons. The van der Waals surface area contributed by atoms with Gasteiger partial charge in [0, 0.05) is 13.2 Å². The Morgan fingerprint density at radius 3 is 3.06 bits per heavy atom. The highest BCUT2D eigenvalue weighted by molar-refractivity contribution is 5.94. The first kappa shape index (κ1) is 11.1. The van der Waals surface area contributed by atoms with Crippen LogP contribution in [0.4, 0.5) is 5.69 Å². The van der Waals surface area contributed by atoms with Gasteiger partial charge in [0.2, 0.25) is 5.91 Å². The SMILES string of the molecule is CN(C(=O)CNCC1CC1)c1cccnc1. The van der Waals surface area contributed by atoms with Crippen molar-refractivity contribution in [2.24, 2.45) is 5.92 Å². The van der Waals surface area contributed by atoms with Gasteiger partial charge in [0.1, 0.15) is 0 Å². The van der Waals surface area contributed by atoms with Crippen LogP contribution >= 0.6 is 0 Å². The molecule has 0 atom stereocenters. The Bertz CT molecular complexity index is 349. The Morgan fingerprint density at radius 1 is 1.62 bits per heavy atom. The number of carbonyl (C=O) groups is 1. The first-order valence-corrected chi connectivity index (χ1v) is 5.64. The molecule has 0 aromatic carbocycles. The molecular weight excluding hydrogens is 202 g/mol. The molecular formula is C12H17N3O. The van der Waals surface area contributed by atoms with E-state index < -0.39 is 0 Å². The molecule has 0 bridgehead atoms. The number of hydrogen-bond acceptors (Lipinski definition) is 3. The van der Waals surface area contributed by atoms with Crippen LogP contribution in [0.3, 0.4) is 0 Å². The lowest BCUT2D eigenvalue weighted by Gasteiger charge is -2.16. The summed E-state index contributed by atoms with van der Waals surface area (Å²) in [4.78, 5) is 17.4. The third kappa shape index (κ3) is 3.03. The quantitative estimate of drug-likeness (QED) is 0.805. The molecule has 16 heavy (non-hydrogen) atoms. The monoisotopic (exact) mass is 219 g/mol. The first-order chi connectivity index (χ1) is 7.77. The number of hydrogen-bond donors (Lipinski definition) is 1. The van der Waals surface area contributed by atoms with Crippen molar-refractivity contribution < 1.29 is 4.79 Å². The third-order valence-electron chi connectivity index (χ3n) is 2.81. The molecule has 4 nitrogen and oxygen atoms in total. The molecule has 2 rings (SSSR count). The molecule has 1 aromatic heterocycles. The second kappa shape index (κ2) is 5.07. The fourth-order valence-electron chi connectivity index (χ4n) is 1.52. The van der Waals surface area contributed by atoms with Gasteiger partial charge in [-0.3, -0.25) is 9.78 Å². The Hall–Kier alpha value is -1.42. The summed E-state index contributed by atoms with van der Waals surface area (Å²) < 4.78 is 0. The van der Waals surface area contributed by atoms with Gasteiger partial charge in [0.15, 0.2) is 0 Å². The number of pyridine rings is 1. The van der Waals surface area contributed by atoms with Crippen molar-refractivity contribution in [2.45, 2.75) is 12.8 Å². The van der Waals surface area contributed by atoms with Gasteiger partial charge >= 0.3 is 0 Å². The summed E-state index contributed by atoms with van der Waals surface area (Å²) in [6, 6.07) is 3.71. The molecule has 0 aliphatic heterocycles. The summed E-state index contributed by atoms with van der Waals surface area (Å²) in [5.41, 5.74) is 0.834. The minimum atomic E-state index is 0.0775. The van der Waals surface area contributed by atoms with Gasteiger partial charge in [-0.2, -0.15) is 0 Å². The summed E-state index contributed by atoms with van der Waals surface area (Å²) in [5.74, 6) is 0.880. The van der Waals surface area contributed by atoms with Crippen LogP contribution in [0.5, 0.6) is 0 Å². The largest absolute Gasteiger partial charge is 0.313 e. The van der Waals surface area contributed by atoms with E-state index in [1.54, 1.807) is 24.3 Å².